The maximum Gasteiger partial charge on any atom is 0.410 e. The molecule has 2 rings (SSSR count). The first-order valence-corrected chi connectivity index (χ1v) is 7.41. The second-order valence-electron chi connectivity index (χ2n) is 5.88. The van der Waals surface area contributed by atoms with Crippen LogP contribution in [0, 0.1) is 0 Å². The first kappa shape index (κ1) is 17.3. The Balaban J connectivity index is 0.00000200. The van der Waals surface area contributed by atoms with Crippen LogP contribution >= 0.6 is 28.3 Å². The van der Waals surface area contributed by atoms with E-state index < -0.39 is 5.60 Å². The molecule has 0 unspecified atom stereocenters. The van der Waals surface area contributed by atoms with Crippen molar-refractivity contribution in [3.63, 3.8) is 0 Å². The van der Waals surface area contributed by atoms with E-state index in [1.54, 1.807) is 0 Å². The number of hydrogen-bond donors (Lipinski definition) is 0. The smallest absolute Gasteiger partial charge is 0.410 e. The molecule has 1 saturated heterocycles. The molecule has 0 N–H and O–H groups in total. The van der Waals surface area contributed by atoms with Crippen molar-refractivity contribution in [2.75, 3.05) is 6.54 Å². The van der Waals surface area contributed by atoms with E-state index in [1.165, 1.54) is 5.56 Å². The Morgan fingerprint density at radius 2 is 1.90 bits per heavy atom. The molecule has 1 aliphatic rings. The third-order valence-electron chi connectivity index (χ3n) is 3.14. The summed E-state index contributed by atoms with van der Waals surface area (Å²) in [4.78, 5) is 14.0. The van der Waals surface area contributed by atoms with Crippen LogP contribution in [0.1, 0.15) is 45.2 Å². The Morgan fingerprint density at radius 1 is 1.30 bits per heavy atom. The number of amides is 1. The molecule has 0 saturated carbocycles. The molecule has 0 spiro atoms. The third-order valence-corrected chi connectivity index (χ3v) is 3.66. The van der Waals surface area contributed by atoms with Crippen LogP contribution in [0.2, 0.25) is 0 Å². The summed E-state index contributed by atoms with van der Waals surface area (Å²) in [5.41, 5.74) is 0.732. The Morgan fingerprint density at radius 3 is 2.45 bits per heavy atom. The predicted octanol–water partition coefficient (Wildman–Crippen LogP) is 4.94. The molecule has 1 aliphatic heterocycles. The fourth-order valence-electron chi connectivity index (χ4n) is 2.34. The van der Waals surface area contributed by atoms with Gasteiger partial charge < -0.3 is 9.64 Å². The number of halogens is 2. The Kier molecular flexibility index (Phi) is 5.90. The standard InChI is InChI=1S/C15H20BrNO2.ClH/c1-15(2,3)19-14(18)17-10-4-5-13(17)11-6-8-12(16)9-7-11;/h6-9,13H,4-5,10H2,1-3H3;1H/t13-;/m1./s1. The van der Waals surface area contributed by atoms with Gasteiger partial charge in [-0.3, -0.25) is 0 Å². The van der Waals surface area contributed by atoms with Gasteiger partial charge in [0.25, 0.3) is 0 Å². The minimum absolute atomic E-state index is 0. The molecule has 3 nitrogen and oxygen atoms in total. The fraction of sp³-hybridized carbons (Fsp3) is 0.533. The number of rotatable bonds is 1. The number of carbonyl (C=O) groups is 1. The van der Waals surface area contributed by atoms with Crippen LogP contribution in [0.5, 0.6) is 0 Å². The van der Waals surface area contributed by atoms with Crippen molar-refractivity contribution in [2.45, 2.75) is 45.3 Å². The largest absolute Gasteiger partial charge is 0.444 e. The summed E-state index contributed by atoms with van der Waals surface area (Å²) in [7, 11) is 0. The zero-order valence-corrected chi connectivity index (χ0v) is 14.5. The van der Waals surface area contributed by atoms with Crippen molar-refractivity contribution in [3.05, 3.63) is 34.3 Å². The minimum Gasteiger partial charge on any atom is -0.444 e. The lowest BCUT2D eigenvalue weighted by Crippen LogP contribution is -2.36. The van der Waals surface area contributed by atoms with E-state index >= 15 is 0 Å². The molecule has 1 aromatic rings. The van der Waals surface area contributed by atoms with Crippen LogP contribution in [-0.2, 0) is 4.74 Å². The summed E-state index contributed by atoms with van der Waals surface area (Å²) in [6.07, 6.45) is 1.82. The van der Waals surface area contributed by atoms with Crippen molar-refractivity contribution in [2.24, 2.45) is 0 Å². The van der Waals surface area contributed by atoms with Crippen molar-refractivity contribution < 1.29 is 9.53 Å². The number of nitrogens with zero attached hydrogens (tertiary/aromatic N) is 1. The van der Waals surface area contributed by atoms with Crippen LogP contribution in [-0.4, -0.2) is 23.1 Å². The first-order chi connectivity index (χ1) is 8.87. The molecule has 112 valence electrons. The van der Waals surface area contributed by atoms with Crippen molar-refractivity contribution in [3.8, 4) is 0 Å². The molecule has 5 heteroatoms. The highest BCUT2D eigenvalue weighted by atomic mass is 79.9. The van der Waals surface area contributed by atoms with E-state index in [2.05, 4.69) is 28.1 Å². The SMILES string of the molecule is CC(C)(C)OC(=O)N1CCC[C@@H]1c1ccc(Br)cc1.Cl. The lowest BCUT2D eigenvalue weighted by atomic mass is 10.1. The highest BCUT2D eigenvalue weighted by Crippen LogP contribution is 2.33. The maximum absolute atomic E-state index is 12.2. The van der Waals surface area contributed by atoms with E-state index in [0.717, 1.165) is 23.9 Å². The van der Waals surface area contributed by atoms with E-state index in [0.29, 0.717) is 0 Å². The van der Waals surface area contributed by atoms with Crippen LogP contribution in [0.4, 0.5) is 4.79 Å². The van der Waals surface area contributed by atoms with Gasteiger partial charge in [-0.25, -0.2) is 4.79 Å². The van der Waals surface area contributed by atoms with Crippen LogP contribution in [0.3, 0.4) is 0 Å². The summed E-state index contributed by atoms with van der Waals surface area (Å²) in [5.74, 6) is 0. The molecule has 0 bridgehead atoms. The van der Waals surface area contributed by atoms with Gasteiger partial charge in [-0.15, -0.1) is 12.4 Å². The highest BCUT2D eigenvalue weighted by molar-refractivity contribution is 9.10. The maximum atomic E-state index is 12.2. The van der Waals surface area contributed by atoms with Gasteiger partial charge in [-0.05, 0) is 51.3 Å². The van der Waals surface area contributed by atoms with Gasteiger partial charge in [0.15, 0.2) is 0 Å². The van der Waals surface area contributed by atoms with Gasteiger partial charge in [-0.1, -0.05) is 28.1 Å². The topological polar surface area (TPSA) is 29.5 Å². The number of carbonyl (C=O) groups excluding carboxylic acids is 1. The third kappa shape index (κ3) is 4.38. The summed E-state index contributed by atoms with van der Waals surface area (Å²) >= 11 is 3.43. The normalized spacial score (nSPS) is 18.6. The molecule has 1 fully saturated rings. The van der Waals surface area contributed by atoms with Gasteiger partial charge >= 0.3 is 6.09 Å². The van der Waals surface area contributed by atoms with E-state index in [9.17, 15) is 4.79 Å². The summed E-state index contributed by atoms with van der Waals surface area (Å²) in [5, 5.41) is 0. The number of ether oxygens (including phenoxy) is 1. The fourth-order valence-corrected chi connectivity index (χ4v) is 2.60. The van der Waals surface area contributed by atoms with E-state index in [4.69, 9.17) is 4.74 Å². The van der Waals surface area contributed by atoms with Gasteiger partial charge in [-0.2, -0.15) is 0 Å². The summed E-state index contributed by atoms with van der Waals surface area (Å²) in [6, 6.07) is 8.31. The number of hydrogen-bond acceptors (Lipinski definition) is 2. The van der Waals surface area contributed by atoms with Gasteiger partial charge in [0.1, 0.15) is 5.60 Å². The van der Waals surface area contributed by atoms with Gasteiger partial charge in [0.05, 0.1) is 6.04 Å². The molecule has 20 heavy (non-hydrogen) atoms. The molecule has 1 atom stereocenters. The Bertz CT molecular complexity index is 456. The van der Waals surface area contributed by atoms with Crippen molar-refractivity contribution in [1.29, 1.82) is 0 Å². The minimum atomic E-state index is -0.441. The van der Waals surface area contributed by atoms with E-state index in [-0.39, 0.29) is 24.5 Å². The lowest BCUT2D eigenvalue weighted by molar-refractivity contribution is 0.0224. The van der Waals surface area contributed by atoms with Crippen LogP contribution in [0.15, 0.2) is 28.7 Å². The molecule has 1 heterocycles. The van der Waals surface area contributed by atoms with Crippen molar-refractivity contribution in [1.82, 2.24) is 4.90 Å². The van der Waals surface area contributed by atoms with Crippen LogP contribution < -0.4 is 0 Å². The molecule has 0 radical (unpaired) electrons. The molecule has 1 amide bonds. The summed E-state index contributed by atoms with van der Waals surface area (Å²) < 4.78 is 6.53. The van der Waals surface area contributed by atoms with Crippen LogP contribution in [0.25, 0.3) is 0 Å². The zero-order valence-electron chi connectivity index (χ0n) is 12.1. The lowest BCUT2D eigenvalue weighted by Gasteiger charge is -2.28. The van der Waals surface area contributed by atoms with E-state index in [1.807, 2.05) is 37.8 Å². The highest BCUT2D eigenvalue weighted by Gasteiger charge is 2.32. The molecule has 0 aromatic heterocycles. The molecule has 0 aliphatic carbocycles. The number of likely N-dealkylation sites (tertiary alicyclic amines) is 1. The Labute approximate surface area is 135 Å². The molecule has 1 aromatic carbocycles. The van der Waals surface area contributed by atoms with Crippen molar-refractivity contribution >= 4 is 34.4 Å². The first-order valence-electron chi connectivity index (χ1n) is 6.62. The second-order valence-corrected chi connectivity index (χ2v) is 6.80. The second kappa shape index (κ2) is 6.81. The average molecular weight is 363 g/mol. The van der Waals surface area contributed by atoms with Gasteiger partial charge in [0.2, 0.25) is 0 Å². The molecular formula is C15H21BrClNO2. The number of benzene rings is 1. The zero-order chi connectivity index (χ0) is 14.0. The molecular weight excluding hydrogens is 342 g/mol. The monoisotopic (exact) mass is 361 g/mol. The summed E-state index contributed by atoms with van der Waals surface area (Å²) in [6.45, 7) is 6.47. The van der Waals surface area contributed by atoms with Gasteiger partial charge in [0, 0.05) is 11.0 Å². The Hall–Kier alpha value is -0.740. The average Bonchev–Trinajstić information content (AvgIpc) is 2.76. The quantitative estimate of drug-likeness (QED) is 0.708. The predicted molar refractivity (Wildman–Crippen MR) is 86.3 cm³/mol.